The highest BCUT2D eigenvalue weighted by Gasteiger charge is 2.24. The maximum Gasteiger partial charge on any atom is 0.408 e. The second-order valence-corrected chi connectivity index (χ2v) is 8.06. The number of carbonyl (C=O) groups is 1. The Morgan fingerprint density at radius 2 is 1.79 bits per heavy atom. The summed E-state index contributed by atoms with van der Waals surface area (Å²) in [5, 5.41) is 23.1. The highest BCUT2D eigenvalue weighted by molar-refractivity contribution is 5.80. The summed E-state index contributed by atoms with van der Waals surface area (Å²) in [5.41, 5.74) is -0.635. The molecule has 0 aromatic heterocycles. The topological polar surface area (TPSA) is 130 Å². The molecule has 4 N–H and O–H groups in total. The summed E-state index contributed by atoms with van der Waals surface area (Å²) >= 11 is 0. The molecule has 0 radical (unpaired) electrons. The minimum Gasteiger partial charge on any atom is -0.444 e. The van der Waals surface area contributed by atoms with Crippen molar-refractivity contribution >= 4 is 23.4 Å². The molecule has 0 aliphatic rings. The van der Waals surface area contributed by atoms with Crippen molar-refractivity contribution in [1.29, 1.82) is 0 Å². The van der Waals surface area contributed by atoms with E-state index in [0.717, 1.165) is 0 Å². The van der Waals surface area contributed by atoms with Gasteiger partial charge in [0.15, 0.2) is 5.96 Å². The molecule has 1 aromatic carbocycles. The van der Waals surface area contributed by atoms with E-state index >= 15 is 0 Å². The van der Waals surface area contributed by atoms with Gasteiger partial charge in [-0.15, -0.1) is 0 Å². The van der Waals surface area contributed by atoms with Crippen LogP contribution in [-0.4, -0.2) is 54.8 Å². The second-order valence-electron chi connectivity index (χ2n) is 8.06. The van der Waals surface area contributed by atoms with Crippen molar-refractivity contribution in [3.63, 3.8) is 0 Å². The predicted molar refractivity (Wildman–Crippen MR) is 114 cm³/mol. The van der Waals surface area contributed by atoms with Crippen molar-refractivity contribution in [3.05, 3.63) is 34.4 Å². The lowest BCUT2D eigenvalue weighted by molar-refractivity contribution is -0.384. The average molecular weight is 409 g/mol. The summed E-state index contributed by atoms with van der Waals surface area (Å²) in [4.78, 5) is 26.7. The smallest absolute Gasteiger partial charge is 0.408 e. The highest BCUT2D eigenvalue weighted by atomic mass is 16.6. The van der Waals surface area contributed by atoms with Crippen LogP contribution in [0.25, 0.3) is 0 Å². The first-order valence-electron chi connectivity index (χ1n) is 9.36. The van der Waals surface area contributed by atoms with Crippen LogP contribution in [0.2, 0.25) is 0 Å². The molecule has 0 unspecified atom stereocenters. The Labute approximate surface area is 171 Å². The number of nitro groups is 1. The summed E-state index contributed by atoms with van der Waals surface area (Å²) in [7, 11) is 1.64. The molecule has 0 saturated carbocycles. The predicted octanol–water partition coefficient (Wildman–Crippen LogP) is 2.48. The van der Waals surface area contributed by atoms with E-state index in [0.29, 0.717) is 31.3 Å². The van der Waals surface area contributed by atoms with Gasteiger partial charge in [-0.25, -0.2) is 4.79 Å². The molecule has 1 rings (SSSR count). The van der Waals surface area contributed by atoms with Gasteiger partial charge in [0.2, 0.25) is 0 Å². The fraction of sp³-hybridized carbons (Fsp3) is 0.579. The van der Waals surface area contributed by atoms with E-state index in [1.807, 2.05) is 34.6 Å². The number of nitrogens with zero attached hydrogens (tertiary/aromatic N) is 2. The van der Waals surface area contributed by atoms with Gasteiger partial charge in [0.05, 0.1) is 10.5 Å². The van der Waals surface area contributed by atoms with Crippen LogP contribution < -0.4 is 21.3 Å². The van der Waals surface area contributed by atoms with E-state index in [1.54, 1.807) is 25.2 Å². The van der Waals surface area contributed by atoms with Crippen LogP contribution in [0.15, 0.2) is 29.3 Å². The first kappa shape index (κ1) is 24.0. The Balaban J connectivity index is 2.43. The number of hydrogen-bond acceptors (Lipinski definition) is 6. The van der Waals surface area contributed by atoms with Crippen LogP contribution in [-0.2, 0) is 4.74 Å². The van der Waals surface area contributed by atoms with Crippen LogP contribution in [0, 0.1) is 10.1 Å². The van der Waals surface area contributed by atoms with Crippen LogP contribution in [0.5, 0.6) is 0 Å². The van der Waals surface area contributed by atoms with Crippen molar-refractivity contribution < 1.29 is 14.5 Å². The normalized spacial score (nSPS) is 12.1. The van der Waals surface area contributed by atoms with Crippen LogP contribution in [0.4, 0.5) is 16.2 Å². The maximum absolute atomic E-state index is 11.9. The molecule has 0 fully saturated rings. The lowest BCUT2D eigenvalue weighted by Gasteiger charge is -2.29. The fourth-order valence-electron chi connectivity index (χ4n) is 2.31. The Kier molecular flexibility index (Phi) is 8.68. The van der Waals surface area contributed by atoms with Gasteiger partial charge >= 0.3 is 6.09 Å². The molecule has 162 valence electrons. The van der Waals surface area contributed by atoms with Gasteiger partial charge in [-0.05, 0) is 40.7 Å². The number of amides is 1. The molecular formula is C19H32N6O4. The summed E-state index contributed by atoms with van der Waals surface area (Å²) < 4.78 is 5.27. The molecule has 1 amide bonds. The van der Waals surface area contributed by atoms with E-state index in [9.17, 15) is 14.9 Å². The number of hydrogen-bond donors (Lipinski definition) is 4. The number of nitro benzene ring substituents is 1. The van der Waals surface area contributed by atoms with E-state index in [1.165, 1.54) is 6.07 Å². The standard InChI is InChI=1S/C19H32N6O4/c1-18(2,3)29-17(26)24-19(4,5)13-23-16(20-6)22-12-11-21-14-9-7-8-10-15(14)25(27)28/h7-10,21H,11-13H2,1-6H3,(H,24,26)(H2,20,22,23). The Morgan fingerprint density at radius 1 is 1.14 bits per heavy atom. The Hall–Kier alpha value is -3.04. The van der Waals surface area contributed by atoms with Crippen LogP contribution in [0.3, 0.4) is 0 Å². The molecule has 0 aliphatic carbocycles. The lowest BCUT2D eigenvalue weighted by atomic mass is 10.1. The number of aliphatic imine (C=N–C) groups is 1. The molecule has 1 aromatic rings. The minimum absolute atomic E-state index is 0.0324. The molecular weight excluding hydrogens is 376 g/mol. The summed E-state index contributed by atoms with van der Waals surface area (Å²) in [6, 6.07) is 6.48. The van der Waals surface area contributed by atoms with Gasteiger partial charge in [0.25, 0.3) is 5.69 Å². The van der Waals surface area contributed by atoms with E-state index in [2.05, 4.69) is 26.3 Å². The molecule has 10 heteroatoms. The average Bonchev–Trinajstić information content (AvgIpc) is 2.59. The van der Waals surface area contributed by atoms with Gasteiger partial charge in [0, 0.05) is 32.7 Å². The molecule has 0 saturated heterocycles. The number of ether oxygens (including phenoxy) is 1. The van der Waals surface area contributed by atoms with E-state index < -0.39 is 22.2 Å². The third-order valence-electron chi connectivity index (χ3n) is 3.59. The number of nitrogens with one attached hydrogen (secondary N) is 4. The van der Waals surface area contributed by atoms with Crippen LogP contribution >= 0.6 is 0 Å². The number of alkyl carbamates (subject to hydrolysis) is 1. The SMILES string of the molecule is CN=C(NCCNc1ccccc1[N+](=O)[O-])NCC(C)(C)NC(=O)OC(C)(C)C. The van der Waals surface area contributed by atoms with Crippen molar-refractivity contribution in [2.24, 2.45) is 4.99 Å². The zero-order valence-corrected chi connectivity index (χ0v) is 18.0. The van der Waals surface area contributed by atoms with E-state index in [-0.39, 0.29) is 5.69 Å². The molecule has 29 heavy (non-hydrogen) atoms. The quantitative estimate of drug-likeness (QED) is 0.171. The molecule has 0 bridgehead atoms. The largest absolute Gasteiger partial charge is 0.444 e. The van der Waals surface area contributed by atoms with Gasteiger partial charge in [-0.3, -0.25) is 15.1 Å². The van der Waals surface area contributed by atoms with Crippen molar-refractivity contribution in [2.75, 3.05) is 32.0 Å². The zero-order chi connectivity index (χ0) is 22.1. The number of carbonyl (C=O) groups excluding carboxylic acids is 1. The Morgan fingerprint density at radius 3 is 2.38 bits per heavy atom. The summed E-state index contributed by atoms with van der Waals surface area (Å²) in [6.45, 7) is 10.5. The number of guanidine groups is 1. The molecule has 0 aliphatic heterocycles. The van der Waals surface area contributed by atoms with Gasteiger partial charge < -0.3 is 26.0 Å². The number of benzene rings is 1. The zero-order valence-electron chi connectivity index (χ0n) is 18.0. The molecule has 0 atom stereocenters. The molecule has 0 heterocycles. The maximum atomic E-state index is 11.9. The van der Waals surface area contributed by atoms with Crippen molar-refractivity contribution in [1.82, 2.24) is 16.0 Å². The van der Waals surface area contributed by atoms with Gasteiger partial charge in [0.1, 0.15) is 11.3 Å². The summed E-state index contributed by atoms with van der Waals surface area (Å²) in [5.74, 6) is 0.549. The van der Waals surface area contributed by atoms with E-state index in [4.69, 9.17) is 4.74 Å². The summed E-state index contributed by atoms with van der Waals surface area (Å²) in [6.07, 6.45) is -0.485. The van der Waals surface area contributed by atoms with Crippen molar-refractivity contribution in [2.45, 2.75) is 45.8 Å². The minimum atomic E-state index is -0.567. The third-order valence-corrected chi connectivity index (χ3v) is 3.59. The fourth-order valence-corrected chi connectivity index (χ4v) is 2.31. The number of anilines is 1. The number of rotatable bonds is 8. The second kappa shape index (κ2) is 10.5. The third kappa shape index (κ3) is 9.63. The lowest BCUT2D eigenvalue weighted by Crippen LogP contribution is -2.54. The van der Waals surface area contributed by atoms with Crippen molar-refractivity contribution in [3.8, 4) is 0 Å². The van der Waals surface area contributed by atoms with Crippen LogP contribution in [0.1, 0.15) is 34.6 Å². The first-order chi connectivity index (χ1) is 13.4. The highest BCUT2D eigenvalue weighted by Crippen LogP contribution is 2.22. The van der Waals surface area contributed by atoms with Gasteiger partial charge in [-0.2, -0.15) is 0 Å². The monoisotopic (exact) mass is 408 g/mol. The number of para-hydroxylation sites is 2. The first-order valence-corrected chi connectivity index (χ1v) is 9.36. The Bertz CT molecular complexity index is 728. The molecule has 0 spiro atoms. The molecule has 10 nitrogen and oxygen atoms in total. The van der Waals surface area contributed by atoms with Gasteiger partial charge in [-0.1, -0.05) is 12.1 Å².